The van der Waals surface area contributed by atoms with Gasteiger partial charge in [0.05, 0.1) is 0 Å². The average Bonchev–Trinajstić information content (AvgIpc) is 2.23. The maximum absolute atomic E-state index is 11.9. The van der Waals surface area contributed by atoms with E-state index in [1.54, 1.807) is 20.8 Å². The highest BCUT2D eigenvalue weighted by atomic mass is 79.9. The molecule has 0 saturated carbocycles. The second kappa shape index (κ2) is 5.48. The molecule has 1 amide bonds. The molecule has 2 N–H and O–H groups in total. The number of carboxylic acid groups (broad SMARTS) is 1. The van der Waals surface area contributed by atoms with E-state index in [1.165, 1.54) is 18.3 Å². The van der Waals surface area contributed by atoms with Crippen molar-refractivity contribution in [3.63, 3.8) is 0 Å². The van der Waals surface area contributed by atoms with E-state index in [0.717, 1.165) is 0 Å². The molecule has 0 bridgehead atoms. The van der Waals surface area contributed by atoms with Gasteiger partial charge in [0, 0.05) is 11.8 Å². The molecule has 1 aromatic heterocycles. The van der Waals surface area contributed by atoms with Gasteiger partial charge in [-0.1, -0.05) is 20.8 Å². The number of carbonyl (C=O) groups excluding carboxylic acids is 1. The van der Waals surface area contributed by atoms with Crippen LogP contribution < -0.4 is 5.32 Å². The Kier molecular flexibility index (Phi) is 4.45. The van der Waals surface area contributed by atoms with Gasteiger partial charge in [-0.3, -0.25) is 4.79 Å². The van der Waals surface area contributed by atoms with E-state index in [-0.39, 0.29) is 0 Å². The Hall–Kier alpha value is -1.43. The Morgan fingerprint density at radius 1 is 1.44 bits per heavy atom. The topological polar surface area (TPSA) is 79.3 Å². The van der Waals surface area contributed by atoms with Crippen molar-refractivity contribution in [2.75, 3.05) is 0 Å². The van der Waals surface area contributed by atoms with Crippen LogP contribution >= 0.6 is 15.9 Å². The molecule has 6 heteroatoms. The number of hydrogen-bond acceptors (Lipinski definition) is 3. The number of aliphatic carboxylic acids is 1. The van der Waals surface area contributed by atoms with Crippen molar-refractivity contribution < 1.29 is 14.7 Å². The summed E-state index contributed by atoms with van der Waals surface area (Å²) in [6.07, 6.45) is 1.48. The van der Waals surface area contributed by atoms with Gasteiger partial charge in [-0.15, -0.1) is 0 Å². The number of pyridine rings is 1. The fourth-order valence-electron chi connectivity index (χ4n) is 1.41. The summed E-state index contributed by atoms with van der Waals surface area (Å²) in [7, 11) is 0. The van der Waals surface area contributed by atoms with Crippen LogP contribution in [0.25, 0.3) is 0 Å². The van der Waals surface area contributed by atoms with Gasteiger partial charge in [0.25, 0.3) is 5.91 Å². The number of rotatable bonds is 3. The zero-order valence-electron chi connectivity index (χ0n) is 10.4. The van der Waals surface area contributed by atoms with Gasteiger partial charge in [-0.05, 0) is 33.5 Å². The summed E-state index contributed by atoms with van der Waals surface area (Å²) in [6, 6.07) is 2.12. The molecular weight excluding hydrogens is 300 g/mol. The molecule has 0 radical (unpaired) electrons. The lowest BCUT2D eigenvalue weighted by molar-refractivity contribution is -0.142. The first kappa shape index (κ1) is 14.6. The lowest BCUT2D eigenvalue weighted by Gasteiger charge is -2.27. The highest BCUT2D eigenvalue weighted by molar-refractivity contribution is 9.10. The third-order valence-electron chi connectivity index (χ3n) is 2.38. The van der Waals surface area contributed by atoms with Crippen molar-refractivity contribution in [1.82, 2.24) is 10.3 Å². The van der Waals surface area contributed by atoms with E-state index < -0.39 is 23.3 Å². The molecule has 1 unspecified atom stereocenters. The average molecular weight is 315 g/mol. The first-order chi connectivity index (χ1) is 8.21. The van der Waals surface area contributed by atoms with Crippen LogP contribution in [0.1, 0.15) is 31.1 Å². The summed E-state index contributed by atoms with van der Waals surface area (Å²) in [6.45, 7) is 5.28. The van der Waals surface area contributed by atoms with Crippen LogP contribution in [0.4, 0.5) is 0 Å². The Labute approximate surface area is 114 Å². The molecule has 0 saturated heterocycles. The maximum atomic E-state index is 11.9. The number of carbonyl (C=O) groups is 2. The van der Waals surface area contributed by atoms with Gasteiger partial charge in [0.15, 0.2) is 0 Å². The Morgan fingerprint density at radius 3 is 2.50 bits per heavy atom. The van der Waals surface area contributed by atoms with Crippen molar-refractivity contribution in [2.24, 2.45) is 5.41 Å². The molecule has 0 aromatic carbocycles. The third-order valence-corrected chi connectivity index (χ3v) is 2.81. The van der Waals surface area contributed by atoms with Crippen LogP contribution in [0.2, 0.25) is 0 Å². The van der Waals surface area contributed by atoms with Gasteiger partial charge in [-0.25, -0.2) is 9.78 Å². The zero-order valence-corrected chi connectivity index (χ0v) is 12.0. The van der Waals surface area contributed by atoms with Crippen LogP contribution in [0.15, 0.2) is 22.9 Å². The lowest BCUT2D eigenvalue weighted by atomic mass is 9.86. The highest BCUT2D eigenvalue weighted by Gasteiger charge is 2.32. The Balaban J connectivity index is 2.89. The maximum Gasteiger partial charge on any atom is 0.326 e. The number of halogens is 1. The molecule has 1 rings (SSSR count). The first-order valence-electron chi connectivity index (χ1n) is 5.37. The summed E-state index contributed by atoms with van der Waals surface area (Å²) in [5, 5.41) is 11.6. The Morgan fingerprint density at radius 2 is 2.06 bits per heavy atom. The van der Waals surface area contributed by atoms with E-state index >= 15 is 0 Å². The van der Waals surface area contributed by atoms with E-state index in [0.29, 0.717) is 10.2 Å². The molecule has 0 aliphatic heterocycles. The van der Waals surface area contributed by atoms with Gasteiger partial charge >= 0.3 is 5.97 Å². The molecule has 0 fully saturated rings. The van der Waals surface area contributed by atoms with Crippen LogP contribution in [0, 0.1) is 5.41 Å². The molecular formula is C12H15BrN2O3. The number of aromatic nitrogens is 1. The van der Waals surface area contributed by atoms with Gasteiger partial charge in [-0.2, -0.15) is 0 Å². The van der Waals surface area contributed by atoms with Crippen molar-refractivity contribution in [3.8, 4) is 0 Å². The molecule has 18 heavy (non-hydrogen) atoms. The standard InChI is InChI=1S/C12H15BrN2O3/c1-12(2,3)9(11(17)18)15-10(16)7-4-5-14-8(13)6-7/h4-6,9H,1-3H3,(H,15,16)(H,17,18). The first-order valence-corrected chi connectivity index (χ1v) is 6.16. The minimum atomic E-state index is -1.05. The van der Waals surface area contributed by atoms with Crippen molar-refractivity contribution >= 4 is 27.8 Å². The number of nitrogens with zero attached hydrogens (tertiary/aromatic N) is 1. The number of carboxylic acids is 1. The lowest BCUT2D eigenvalue weighted by Crippen LogP contribution is -2.49. The summed E-state index contributed by atoms with van der Waals surface area (Å²) in [5.74, 6) is -1.48. The zero-order chi connectivity index (χ0) is 13.9. The largest absolute Gasteiger partial charge is 0.480 e. The van der Waals surface area contributed by atoms with Gasteiger partial charge in [0.2, 0.25) is 0 Å². The number of amides is 1. The predicted octanol–water partition coefficient (Wildman–Crippen LogP) is 2.07. The molecule has 0 aliphatic rings. The minimum Gasteiger partial charge on any atom is -0.480 e. The van der Waals surface area contributed by atoms with Crippen molar-refractivity contribution in [2.45, 2.75) is 26.8 Å². The normalized spacial score (nSPS) is 12.9. The second-order valence-corrected chi connectivity index (χ2v) is 5.79. The Bertz CT molecular complexity index is 469. The third kappa shape index (κ3) is 3.80. The molecule has 0 aliphatic carbocycles. The quantitative estimate of drug-likeness (QED) is 0.837. The van der Waals surface area contributed by atoms with E-state index in [2.05, 4.69) is 26.2 Å². The molecule has 0 spiro atoms. The highest BCUT2D eigenvalue weighted by Crippen LogP contribution is 2.20. The smallest absolute Gasteiger partial charge is 0.326 e. The number of hydrogen-bond donors (Lipinski definition) is 2. The van der Waals surface area contributed by atoms with Crippen LogP contribution in [0.3, 0.4) is 0 Å². The summed E-state index contributed by atoms with van der Waals surface area (Å²) in [4.78, 5) is 27.0. The molecule has 1 atom stereocenters. The van der Waals surface area contributed by atoms with E-state index in [1.807, 2.05) is 0 Å². The molecule has 5 nitrogen and oxygen atoms in total. The van der Waals surface area contributed by atoms with Crippen LogP contribution in [-0.4, -0.2) is 28.0 Å². The predicted molar refractivity (Wildman–Crippen MR) is 70.3 cm³/mol. The van der Waals surface area contributed by atoms with Crippen LogP contribution in [-0.2, 0) is 4.79 Å². The minimum absolute atomic E-state index is 0.368. The summed E-state index contributed by atoms with van der Waals surface area (Å²) in [5.41, 5.74) is -0.196. The molecule has 1 aromatic rings. The monoisotopic (exact) mass is 314 g/mol. The SMILES string of the molecule is CC(C)(C)C(NC(=O)c1ccnc(Br)c1)C(=O)O. The summed E-state index contributed by atoms with van der Waals surface area (Å²) < 4.78 is 0.526. The van der Waals surface area contributed by atoms with Crippen molar-refractivity contribution in [1.29, 1.82) is 0 Å². The fraction of sp³-hybridized carbons (Fsp3) is 0.417. The van der Waals surface area contributed by atoms with Crippen molar-refractivity contribution in [3.05, 3.63) is 28.5 Å². The second-order valence-electron chi connectivity index (χ2n) is 4.98. The fourth-order valence-corrected chi connectivity index (χ4v) is 1.77. The number of nitrogens with one attached hydrogen (secondary N) is 1. The summed E-state index contributed by atoms with van der Waals surface area (Å²) >= 11 is 3.16. The van der Waals surface area contributed by atoms with E-state index in [4.69, 9.17) is 5.11 Å². The van der Waals surface area contributed by atoms with Gasteiger partial charge in [0.1, 0.15) is 10.6 Å². The van der Waals surface area contributed by atoms with E-state index in [9.17, 15) is 9.59 Å². The molecule has 1 heterocycles. The van der Waals surface area contributed by atoms with Gasteiger partial charge < -0.3 is 10.4 Å². The molecule has 98 valence electrons. The van der Waals surface area contributed by atoms with Crippen LogP contribution in [0.5, 0.6) is 0 Å².